The number of fused-ring (bicyclic) bond motifs is 1. The molecule has 2 rings (SSSR count). The highest BCUT2D eigenvalue weighted by Gasteiger charge is 2.17. The van der Waals surface area contributed by atoms with E-state index >= 15 is 0 Å². The molecule has 5 nitrogen and oxygen atoms in total. The highest BCUT2D eigenvalue weighted by Crippen LogP contribution is 2.20. The van der Waals surface area contributed by atoms with Crippen LogP contribution in [0.5, 0.6) is 0 Å². The molecule has 1 aliphatic rings. The molecule has 1 aromatic heterocycles. The van der Waals surface area contributed by atoms with Crippen molar-refractivity contribution in [2.45, 2.75) is 38.5 Å². The average Bonchev–Trinajstić information content (AvgIpc) is 2.28. The molecule has 0 bridgehead atoms. The number of H-pyrrole nitrogens is 1. The lowest BCUT2D eigenvalue weighted by molar-refractivity contribution is -0.136. The summed E-state index contributed by atoms with van der Waals surface area (Å²) in [6, 6.07) is 0. The first-order valence-corrected chi connectivity index (χ1v) is 5.49. The minimum absolute atomic E-state index is 0.0610. The van der Waals surface area contributed by atoms with E-state index in [2.05, 4.69) is 10.2 Å². The second-order valence-corrected chi connectivity index (χ2v) is 4.06. The van der Waals surface area contributed by atoms with Crippen molar-refractivity contribution in [3.05, 3.63) is 27.2 Å². The molecular formula is C11H14N2O3. The van der Waals surface area contributed by atoms with Gasteiger partial charge in [0.15, 0.2) is 0 Å². The van der Waals surface area contributed by atoms with E-state index in [1.165, 1.54) is 0 Å². The summed E-state index contributed by atoms with van der Waals surface area (Å²) in [5, 5.41) is 15.0. The van der Waals surface area contributed by atoms with E-state index in [0.29, 0.717) is 6.42 Å². The molecule has 86 valence electrons. The van der Waals surface area contributed by atoms with Crippen LogP contribution in [-0.2, 0) is 24.1 Å². The quantitative estimate of drug-likeness (QED) is 0.787. The Balaban J connectivity index is 2.31. The molecule has 0 unspecified atom stereocenters. The average molecular weight is 222 g/mol. The molecule has 1 aromatic rings. The fourth-order valence-electron chi connectivity index (χ4n) is 2.16. The molecule has 2 N–H and O–H groups in total. The van der Waals surface area contributed by atoms with Gasteiger partial charge in [-0.1, -0.05) is 0 Å². The highest BCUT2D eigenvalue weighted by atomic mass is 16.4. The van der Waals surface area contributed by atoms with Gasteiger partial charge in [0.05, 0.1) is 12.1 Å². The van der Waals surface area contributed by atoms with Gasteiger partial charge >= 0.3 is 5.97 Å². The van der Waals surface area contributed by atoms with E-state index in [4.69, 9.17) is 5.11 Å². The number of aryl methyl sites for hydroxylation is 1. The summed E-state index contributed by atoms with van der Waals surface area (Å²) in [6.45, 7) is 0. The first-order chi connectivity index (χ1) is 7.68. The van der Waals surface area contributed by atoms with E-state index in [-0.39, 0.29) is 12.0 Å². The molecule has 0 radical (unpaired) electrons. The molecular weight excluding hydrogens is 208 g/mol. The monoisotopic (exact) mass is 222 g/mol. The second kappa shape index (κ2) is 4.47. The highest BCUT2D eigenvalue weighted by molar-refractivity contribution is 5.67. The van der Waals surface area contributed by atoms with Crippen LogP contribution in [0.2, 0.25) is 0 Å². The largest absolute Gasteiger partial charge is 0.481 e. The van der Waals surface area contributed by atoms with Gasteiger partial charge in [-0.3, -0.25) is 9.59 Å². The van der Waals surface area contributed by atoms with Crippen molar-refractivity contribution < 1.29 is 9.90 Å². The number of aliphatic carboxylic acids is 1. The van der Waals surface area contributed by atoms with Crippen LogP contribution in [0.1, 0.15) is 36.1 Å². The van der Waals surface area contributed by atoms with E-state index in [1.807, 2.05) is 0 Å². The normalized spacial score (nSPS) is 14.5. The lowest BCUT2D eigenvalue weighted by atomic mass is 9.91. The van der Waals surface area contributed by atoms with Gasteiger partial charge in [0.25, 0.3) is 5.56 Å². The number of carboxylic acids is 1. The minimum Gasteiger partial charge on any atom is -0.481 e. The lowest BCUT2D eigenvalue weighted by Gasteiger charge is -2.16. The van der Waals surface area contributed by atoms with Gasteiger partial charge in [-0.2, -0.15) is 5.10 Å². The van der Waals surface area contributed by atoms with Crippen molar-refractivity contribution in [2.24, 2.45) is 0 Å². The van der Waals surface area contributed by atoms with Crippen molar-refractivity contribution in [1.82, 2.24) is 10.2 Å². The third-order valence-corrected chi connectivity index (χ3v) is 2.96. The molecule has 1 aliphatic carbocycles. The Morgan fingerprint density at radius 1 is 1.31 bits per heavy atom. The maximum atomic E-state index is 11.5. The van der Waals surface area contributed by atoms with Crippen LogP contribution in [-0.4, -0.2) is 21.3 Å². The molecule has 0 aromatic carbocycles. The van der Waals surface area contributed by atoms with Crippen LogP contribution < -0.4 is 5.56 Å². The summed E-state index contributed by atoms with van der Waals surface area (Å²) < 4.78 is 0. The first-order valence-electron chi connectivity index (χ1n) is 5.49. The zero-order valence-electron chi connectivity index (χ0n) is 8.95. The Labute approximate surface area is 92.5 Å². The molecule has 0 amide bonds. The predicted molar refractivity (Wildman–Crippen MR) is 57.5 cm³/mol. The number of nitrogens with one attached hydrogen (secondary N) is 1. The van der Waals surface area contributed by atoms with Crippen LogP contribution in [0, 0.1) is 0 Å². The van der Waals surface area contributed by atoms with Gasteiger partial charge in [0.2, 0.25) is 0 Å². The van der Waals surface area contributed by atoms with Crippen molar-refractivity contribution in [3.63, 3.8) is 0 Å². The molecule has 16 heavy (non-hydrogen) atoms. The van der Waals surface area contributed by atoms with Crippen molar-refractivity contribution in [3.8, 4) is 0 Å². The van der Waals surface area contributed by atoms with Crippen molar-refractivity contribution >= 4 is 5.97 Å². The summed E-state index contributed by atoms with van der Waals surface area (Å²) in [4.78, 5) is 22.0. The molecule has 0 saturated heterocycles. The maximum Gasteiger partial charge on any atom is 0.303 e. The topological polar surface area (TPSA) is 83.0 Å². The summed E-state index contributed by atoms with van der Waals surface area (Å²) in [5.41, 5.74) is 2.42. The van der Waals surface area contributed by atoms with E-state index in [0.717, 1.165) is 42.5 Å². The molecule has 1 heterocycles. The lowest BCUT2D eigenvalue weighted by Crippen LogP contribution is -2.23. The SMILES string of the molecule is O=C(O)CCc1n[nH]c(=O)c2c1CCCC2. The molecule has 0 fully saturated rings. The second-order valence-electron chi connectivity index (χ2n) is 4.06. The van der Waals surface area contributed by atoms with Gasteiger partial charge in [-0.05, 0) is 31.2 Å². The summed E-state index contributed by atoms with van der Waals surface area (Å²) in [7, 11) is 0. The Morgan fingerprint density at radius 2 is 2.00 bits per heavy atom. The minimum atomic E-state index is -0.836. The Kier molecular flexibility index (Phi) is 3.03. The Hall–Kier alpha value is -1.65. The van der Waals surface area contributed by atoms with Crippen LogP contribution >= 0.6 is 0 Å². The van der Waals surface area contributed by atoms with Crippen LogP contribution in [0.4, 0.5) is 0 Å². The zero-order valence-corrected chi connectivity index (χ0v) is 8.95. The molecule has 0 atom stereocenters. The standard InChI is InChI=1S/C11H14N2O3/c14-10(15)6-5-9-7-3-1-2-4-8(7)11(16)13-12-9/h1-6H2,(H,13,16)(H,14,15). The van der Waals surface area contributed by atoms with E-state index in [9.17, 15) is 9.59 Å². The summed E-state index contributed by atoms with van der Waals surface area (Å²) >= 11 is 0. The fourth-order valence-corrected chi connectivity index (χ4v) is 2.16. The predicted octanol–water partition coefficient (Wildman–Crippen LogP) is 0.666. The van der Waals surface area contributed by atoms with Crippen LogP contribution in [0.15, 0.2) is 4.79 Å². The van der Waals surface area contributed by atoms with Gasteiger partial charge in [0.1, 0.15) is 0 Å². The molecule has 5 heteroatoms. The summed E-state index contributed by atoms with van der Waals surface area (Å²) in [5.74, 6) is -0.836. The third kappa shape index (κ3) is 2.13. The number of aromatic amines is 1. The Bertz CT molecular complexity index is 465. The number of carbonyl (C=O) groups is 1. The van der Waals surface area contributed by atoms with E-state index < -0.39 is 5.97 Å². The smallest absolute Gasteiger partial charge is 0.303 e. The van der Waals surface area contributed by atoms with Crippen molar-refractivity contribution in [2.75, 3.05) is 0 Å². The zero-order chi connectivity index (χ0) is 11.5. The number of rotatable bonds is 3. The van der Waals surface area contributed by atoms with Crippen LogP contribution in [0.3, 0.4) is 0 Å². The molecule has 0 saturated carbocycles. The molecule has 0 spiro atoms. The molecule has 0 aliphatic heterocycles. The number of hydrogen-bond donors (Lipinski definition) is 2. The number of aromatic nitrogens is 2. The third-order valence-electron chi connectivity index (χ3n) is 2.96. The van der Waals surface area contributed by atoms with Gasteiger partial charge in [0, 0.05) is 12.0 Å². The number of carboxylic acid groups (broad SMARTS) is 1. The fraction of sp³-hybridized carbons (Fsp3) is 0.545. The van der Waals surface area contributed by atoms with E-state index in [1.54, 1.807) is 0 Å². The van der Waals surface area contributed by atoms with Gasteiger partial charge < -0.3 is 5.11 Å². The van der Waals surface area contributed by atoms with Crippen LogP contribution in [0.25, 0.3) is 0 Å². The number of nitrogens with zero attached hydrogens (tertiary/aromatic N) is 1. The number of hydrogen-bond acceptors (Lipinski definition) is 3. The maximum absolute atomic E-state index is 11.5. The van der Waals surface area contributed by atoms with Crippen molar-refractivity contribution in [1.29, 1.82) is 0 Å². The van der Waals surface area contributed by atoms with Gasteiger partial charge in [-0.25, -0.2) is 5.10 Å². The summed E-state index contributed by atoms with van der Waals surface area (Å²) in [6.07, 6.45) is 4.17. The van der Waals surface area contributed by atoms with Gasteiger partial charge in [-0.15, -0.1) is 0 Å². The first kappa shape index (κ1) is 10.9. The Morgan fingerprint density at radius 3 is 2.69 bits per heavy atom.